The van der Waals surface area contributed by atoms with Gasteiger partial charge in [0.15, 0.2) is 5.75 Å². The fourth-order valence-electron chi connectivity index (χ4n) is 0.649. The molecule has 0 radical (unpaired) electrons. The Hall–Kier alpha value is -0.440. The van der Waals surface area contributed by atoms with Crippen molar-refractivity contribution >= 4 is 40.2 Å². The van der Waals surface area contributed by atoms with E-state index in [1.165, 1.54) is 6.07 Å². The van der Waals surface area contributed by atoms with Gasteiger partial charge in [-0.1, -0.05) is 29.3 Å². The number of ether oxygens (including phenoxy) is 1. The zero-order valence-corrected chi connectivity index (χ0v) is 7.95. The molecule has 0 amide bonds. The van der Waals surface area contributed by atoms with Crippen molar-refractivity contribution in [2.75, 3.05) is 0 Å². The molecule has 1 aromatic rings. The van der Waals surface area contributed by atoms with E-state index >= 15 is 0 Å². The molecule has 0 spiro atoms. The van der Waals surface area contributed by atoms with E-state index in [9.17, 15) is 4.79 Å². The summed E-state index contributed by atoms with van der Waals surface area (Å²) in [6, 6.07) is 4.67. The van der Waals surface area contributed by atoms with Crippen LogP contribution in [0.1, 0.15) is 0 Å². The maximum Gasteiger partial charge on any atom is 0.409 e. The summed E-state index contributed by atoms with van der Waals surface area (Å²) < 4.78 is 4.54. The number of carbonyl (C=O) groups excluding carboxylic acids is 1. The summed E-state index contributed by atoms with van der Waals surface area (Å²) in [5.41, 5.74) is -0.945. The Morgan fingerprint density at radius 2 is 2.00 bits per heavy atom. The van der Waals surface area contributed by atoms with Crippen LogP contribution in [0.25, 0.3) is 0 Å². The summed E-state index contributed by atoms with van der Waals surface area (Å²) in [7, 11) is 0. The van der Waals surface area contributed by atoms with Gasteiger partial charge in [0.25, 0.3) is 0 Å². The normalized spacial score (nSPS) is 9.58. The van der Waals surface area contributed by atoms with Gasteiger partial charge in [-0.3, -0.25) is 0 Å². The largest absolute Gasteiger partial charge is 0.413 e. The Bertz CT molecular complexity index is 312. The quantitative estimate of drug-likeness (QED) is 0.681. The van der Waals surface area contributed by atoms with Crippen LogP contribution in [0.2, 0.25) is 10.0 Å². The Labute approximate surface area is 84.0 Å². The van der Waals surface area contributed by atoms with E-state index < -0.39 is 5.43 Å². The van der Waals surface area contributed by atoms with Gasteiger partial charge in [-0.25, -0.2) is 4.79 Å². The Morgan fingerprint density at radius 1 is 1.33 bits per heavy atom. The molecule has 1 aromatic carbocycles. The third-order valence-electron chi connectivity index (χ3n) is 1.11. The van der Waals surface area contributed by atoms with Crippen LogP contribution in [0, 0.1) is 0 Å². The van der Waals surface area contributed by atoms with E-state index in [0.717, 1.165) is 0 Å². The molecule has 0 heterocycles. The van der Waals surface area contributed by atoms with Crippen molar-refractivity contribution in [2.45, 2.75) is 0 Å². The maximum absolute atomic E-state index is 10.3. The second-order valence-electron chi connectivity index (χ2n) is 1.89. The van der Waals surface area contributed by atoms with E-state index in [4.69, 9.17) is 34.8 Å². The number of rotatable bonds is 1. The summed E-state index contributed by atoms with van der Waals surface area (Å²) in [5.74, 6) is 0.157. The average molecular weight is 225 g/mol. The molecule has 2 nitrogen and oxygen atoms in total. The first-order chi connectivity index (χ1) is 5.61. The smallest absolute Gasteiger partial charge is 0.409 e. The van der Waals surface area contributed by atoms with E-state index in [2.05, 4.69) is 4.74 Å². The lowest BCUT2D eigenvalue weighted by molar-refractivity contribution is 0.225. The second kappa shape index (κ2) is 3.99. The van der Waals surface area contributed by atoms with Gasteiger partial charge in [-0.05, 0) is 12.1 Å². The third kappa shape index (κ3) is 2.27. The molecule has 0 aliphatic rings. The zero-order valence-electron chi connectivity index (χ0n) is 5.68. The lowest BCUT2D eigenvalue weighted by atomic mass is 10.3. The minimum Gasteiger partial charge on any atom is -0.413 e. The van der Waals surface area contributed by atoms with Gasteiger partial charge in [0.1, 0.15) is 5.02 Å². The number of carbonyl (C=O) groups is 1. The van der Waals surface area contributed by atoms with Crippen LogP contribution in [0.15, 0.2) is 18.2 Å². The number of hydrogen-bond acceptors (Lipinski definition) is 2. The van der Waals surface area contributed by atoms with Gasteiger partial charge < -0.3 is 4.74 Å². The highest BCUT2D eigenvalue weighted by Gasteiger charge is 2.07. The van der Waals surface area contributed by atoms with Gasteiger partial charge >= 0.3 is 5.43 Å². The molecule has 0 aliphatic heterocycles. The van der Waals surface area contributed by atoms with Crippen LogP contribution in [-0.2, 0) is 0 Å². The van der Waals surface area contributed by atoms with E-state index in [0.29, 0.717) is 5.02 Å². The number of benzene rings is 1. The predicted octanol–water partition coefficient (Wildman–Crippen LogP) is 3.73. The topological polar surface area (TPSA) is 26.3 Å². The zero-order chi connectivity index (χ0) is 9.14. The lowest BCUT2D eigenvalue weighted by Crippen LogP contribution is -1.96. The van der Waals surface area contributed by atoms with Gasteiger partial charge in [0.05, 0.1) is 5.02 Å². The third-order valence-corrected chi connectivity index (χ3v) is 1.99. The number of hydrogen-bond donors (Lipinski definition) is 0. The molecule has 0 bridgehead atoms. The molecule has 0 aromatic heterocycles. The minimum atomic E-state index is -0.945. The summed E-state index contributed by atoms with van der Waals surface area (Å²) in [5, 5.41) is 0.486. The molecule has 0 fully saturated rings. The van der Waals surface area contributed by atoms with E-state index in [1.54, 1.807) is 12.1 Å². The van der Waals surface area contributed by atoms with Crippen molar-refractivity contribution in [1.82, 2.24) is 0 Å². The molecule has 1 rings (SSSR count). The first-order valence-corrected chi connectivity index (χ1v) is 4.06. The fourth-order valence-corrected chi connectivity index (χ4v) is 1.06. The van der Waals surface area contributed by atoms with Gasteiger partial charge in [-0.2, -0.15) is 0 Å². The van der Waals surface area contributed by atoms with Crippen molar-refractivity contribution in [3.63, 3.8) is 0 Å². The molecule has 5 heteroatoms. The average Bonchev–Trinajstić information content (AvgIpc) is 1.98. The van der Waals surface area contributed by atoms with Crippen LogP contribution in [-0.4, -0.2) is 5.43 Å². The highest BCUT2D eigenvalue weighted by Crippen LogP contribution is 2.31. The van der Waals surface area contributed by atoms with Crippen molar-refractivity contribution in [3.05, 3.63) is 28.2 Å². The van der Waals surface area contributed by atoms with Crippen LogP contribution in [0.4, 0.5) is 4.79 Å². The van der Waals surface area contributed by atoms with Gasteiger partial charge in [0.2, 0.25) is 0 Å². The fraction of sp³-hybridized carbons (Fsp3) is 0. The SMILES string of the molecule is O=C(Cl)Oc1cccc(Cl)c1Cl. The summed E-state index contributed by atoms with van der Waals surface area (Å²) >= 11 is 16.3. The predicted molar refractivity (Wildman–Crippen MR) is 48.3 cm³/mol. The first-order valence-electron chi connectivity index (χ1n) is 2.92. The summed E-state index contributed by atoms with van der Waals surface area (Å²) in [6.45, 7) is 0. The Balaban J connectivity index is 3.00. The second-order valence-corrected chi connectivity index (χ2v) is 2.99. The monoisotopic (exact) mass is 224 g/mol. The molecule has 0 N–H and O–H groups in total. The first kappa shape index (κ1) is 9.65. The molecule has 12 heavy (non-hydrogen) atoms. The van der Waals surface area contributed by atoms with Crippen molar-refractivity contribution < 1.29 is 9.53 Å². The molecular weight excluding hydrogens is 222 g/mol. The van der Waals surface area contributed by atoms with Gasteiger partial charge in [-0.15, -0.1) is 0 Å². The molecular formula is C7H3Cl3O2. The van der Waals surface area contributed by atoms with E-state index in [1.807, 2.05) is 0 Å². The summed E-state index contributed by atoms with van der Waals surface area (Å²) in [6.07, 6.45) is 0. The van der Waals surface area contributed by atoms with Crippen LogP contribution >= 0.6 is 34.8 Å². The van der Waals surface area contributed by atoms with Crippen molar-refractivity contribution in [2.24, 2.45) is 0 Å². The standard InChI is InChI=1S/C7H3Cl3O2/c8-4-2-1-3-5(6(4)9)12-7(10)11/h1-3H. The molecule has 0 saturated carbocycles. The van der Waals surface area contributed by atoms with Crippen LogP contribution in [0.5, 0.6) is 5.75 Å². The summed E-state index contributed by atoms with van der Waals surface area (Å²) in [4.78, 5) is 10.3. The highest BCUT2D eigenvalue weighted by molar-refractivity contribution is 6.61. The molecule has 0 saturated heterocycles. The molecule has 0 unspecified atom stereocenters. The van der Waals surface area contributed by atoms with Crippen molar-refractivity contribution in [3.8, 4) is 5.75 Å². The minimum absolute atomic E-state index is 0.157. The Kier molecular flexibility index (Phi) is 3.20. The lowest BCUT2D eigenvalue weighted by Gasteiger charge is -2.02. The number of halogens is 3. The van der Waals surface area contributed by atoms with Crippen LogP contribution in [0.3, 0.4) is 0 Å². The molecule has 0 aliphatic carbocycles. The van der Waals surface area contributed by atoms with Crippen molar-refractivity contribution in [1.29, 1.82) is 0 Å². The van der Waals surface area contributed by atoms with Crippen LogP contribution < -0.4 is 4.74 Å². The van der Waals surface area contributed by atoms with E-state index in [-0.39, 0.29) is 10.8 Å². The van der Waals surface area contributed by atoms with Gasteiger partial charge in [0, 0.05) is 11.6 Å². The molecule has 64 valence electrons. The maximum atomic E-state index is 10.3. The Morgan fingerprint density at radius 3 is 2.58 bits per heavy atom. The molecule has 0 atom stereocenters. The highest BCUT2D eigenvalue weighted by atomic mass is 35.5.